The molecule has 0 radical (unpaired) electrons. The van der Waals surface area contributed by atoms with Crippen molar-refractivity contribution in [1.29, 1.82) is 0 Å². The van der Waals surface area contributed by atoms with Crippen LogP contribution in [0.25, 0.3) is 0 Å². The molecule has 0 aliphatic carbocycles. The lowest BCUT2D eigenvalue weighted by Gasteiger charge is -2.39. The number of furan rings is 1. The highest BCUT2D eigenvalue weighted by molar-refractivity contribution is 5.79. The van der Waals surface area contributed by atoms with Gasteiger partial charge in [0.05, 0.1) is 18.7 Å². The number of hydrazine groups is 1. The Balaban J connectivity index is 1.51. The molecule has 2 atom stereocenters. The molecule has 2 aliphatic heterocycles. The van der Waals surface area contributed by atoms with Crippen LogP contribution in [0.5, 0.6) is 0 Å². The predicted octanol–water partition coefficient (Wildman–Crippen LogP) is 0.000900. The Bertz CT molecular complexity index is 517. The lowest BCUT2D eigenvalue weighted by atomic mass is 9.95. The van der Waals surface area contributed by atoms with Crippen molar-refractivity contribution in [2.75, 3.05) is 19.6 Å². The second-order valence-electron chi connectivity index (χ2n) is 5.92. The second-order valence-corrected chi connectivity index (χ2v) is 5.92. The molecular formula is C15H22N4O3. The van der Waals surface area contributed by atoms with Gasteiger partial charge in [-0.3, -0.25) is 19.9 Å². The molecule has 7 heteroatoms. The molecule has 2 saturated heterocycles. The maximum atomic E-state index is 12.3. The van der Waals surface area contributed by atoms with Crippen LogP contribution in [-0.4, -0.2) is 42.4 Å². The number of nitrogens with zero attached hydrogens (tertiary/aromatic N) is 1. The van der Waals surface area contributed by atoms with E-state index in [1.54, 1.807) is 6.26 Å². The van der Waals surface area contributed by atoms with Crippen LogP contribution in [0.3, 0.4) is 0 Å². The summed E-state index contributed by atoms with van der Waals surface area (Å²) in [6.07, 6.45) is 3.97. The smallest absolute Gasteiger partial charge is 0.235 e. The van der Waals surface area contributed by atoms with E-state index in [1.807, 2.05) is 12.1 Å². The SMILES string of the molecule is O=C1CC(N2CCCC(C(=O)NCc3ccco3)C2)CNN1. The van der Waals surface area contributed by atoms with E-state index in [-0.39, 0.29) is 23.8 Å². The van der Waals surface area contributed by atoms with Crippen LogP contribution in [0.2, 0.25) is 0 Å². The minimum Gasteiger partial charge on any atom is -0.467 e. The first kappa shape index (κ1) is 15.1. The second kappa shape index (κ2) is 6.93. The van der Waals surface area contributed by atoms with Crippen molar-refractivity contribution in [3.05, 3.63) is 24.2 Å². The molecule has 3 heterocycles. The number of hydrogen-bond acceptors (Lipinski definition) is 5. The molecular weight excluding hydrogens is 284 g/mol. The van der Waals surface area contributed by atoms with E-state index in [0.29, 0.717) is 19.5 Å². The topological polar surface area (TPSA) is 86.6 Å². The number of hydrogen-bond donors (Lipinski definition) is 3. The predicted molar refractivity (Wildman–Crippen MR) is 79.4 cm³/mol. The van der Waals surface area contributed by atoms with Crippen LogP contribution in [0, 0.1) is 5.92 Å². The highest BCUT2D eigenvalue weighted by Gasteiger charge is 2.32. The minimum absolute atomic E-state index is 0.0145. The number of carbonyl (C=O) groups excluding carboxylic acids is 2. The van der Waals surface area contributed by atoms with Gasteiger partial charge < -0.3 is 9.73 Å². The Morgan fingerprint density at radius 2 is 2.41 bits per heavy atom. The number of carbonyl (C=O) groups is 2. The monoisotopic (exact) mass is 306 g/mol. The number of rotatable bonds is 4. The third kappa shape index (κ3) is 3.66. The van der Waals surface area contributed by atoms with E-state index in [0.717, 1.165) is 31.7 Å². The minimum atomic E-state index is -0.0197. The third-order valence-corrected chi connectivity index (χ3v) is 4.34. The number of piperidine rings is 1. The third-order valence-electron chi connectivity index (χ3n) is 4.34. The van der Waals surface area contributed by atoms with Crippen molar-refractivity contribution in [1.82, 2.24) is 21.1 Å². The molecule has 2 aliphatic rings. The van der Waals surface area contributed by atoms with Crippen molar-refractivity contribution < 1.29 is 14.0 Å². The van der Waals surface area contributed by atoms with Crippen LogP contribution < -0.4 is 16.2 Å². The summed E-state index contributed by atoms with van der Waals surface area (Å²) in [5.41, 5.74) is 5.53. The largest absolute Gasteiger partial charge is 0.467 e. The fourth-order valence-electron chi connectivity index (χ4n) is 3.15. The Morgan fingerprint density at radius 3 is 3.18 bits per heavy atom. The van der Waals surface area contributed by atoms with Crippen LogP contribution in [0.1, 0.15) is 25.0 Å². The van der Waals surface area contributed by atoms with Gasteiger partial charge in [0.1, 0.15) is 5.76 Å². The molecule has 2 amide bonds. The average molecular weight is 306 g/mol. The summed E-state index contributed by atoms with van der Waals surface area (Å²) in [6.45, 7) is 2.81. The average Bonchev–Trinajstić information content (AvgIpc) is 3.06. The van der Waals surface area contributed by atoms with Gasteiger partial charge in [-0.05, 0) is 31.5 Å². The number of amides is 2. The summed E-state index contributed by atoms with van der Waals surface area (Å²) in [6, 6.07) is 3.83. The molecule has 1 aromatic rings. The van der Waals surface area contributed by atoms with Gasteiger partial charge in [-0.2, -0.15) is 0 Å². The fourth-order valence-corrected chi connectivity index (χ4v) is 3.15. The first-order valence-corrected chi connectivity index (χ1v) is 7.78. The maximum Gasteiger partial charge on any atom is 0.235 e. The Labute approximate surface area is 129 Å². The summed E-state index contributed by atoms with van der Waals surface area (Å²) in [7, 11) is 0. The van der Waals surface area contributed by atoms with Gasteiger partial charge >= 0.3 is 0 Å². The summed E-state index contributed by atoms with van der Waals surface area (Å²) in [4.78, 5) is 26.0. The molecule has 7 nitrogen and oxygen atoms in total. The highest BCUT2D eigenvalue weighted by Crippen LogP contribution is 2.20. The molecule has 0 saturated carbocycles. The molecule has 120 valence electrons. The fraction of sp³-hybridized carbons (Fsp3) is 0.600. The Morgan fingerprint density at radius 1 is 1.50 bits per heavy atom. The van der Waals surface area contributed by atoms with E-state index < -0.39 is 0 Å². The highest BCUT2D eigenvalue weighted by atomic mass is 16.3. The Hall–Kier alpha value is -1.86. The van der Waals surface area contributed by atoms with Crippen molar-refractivity contribution in [2.45, 2.75) is 31.8 Å². The summed E-state index contributed by atoms with van der Waals surface area (Å²) in [5.74, 6) is 0.817. The zero-order chi connectivity index (χ0) is 15.4. The van der Waals surface area contributed by atoms with Gasteiger partial charge in [0.2, 0.25) is 11.8 Å². The summed E-state index contributed by atoms with van der Waals surface area (Å²) in [5, 5.41) is 2.93. The van der Waals surface area contributed by atoms with E-state index in [9.17, 15) is 9.59 Å². The maximum absolute atomic E-state index is 12.3. The molecule has 3 rings (SSSR count). The molecule has 0 spiro atoms. The van der Waals surface area contributed by atoms with Crippen LogP contribution in [0.15, 0.2) is 22.8 Å². The molecule has 2 fully saturated rings. The van der Waals surface area contributed by atoms with Crippen LogP contribution >= 0.6 is 0 Å². The van der Waals surface area contributed by atoms with E-state index in [1.165, 1.54) is 0 Å². The molecule has 0 aromatic carbocycles. The zero-order valence-corrected chi connectivity index (χ0v) is 12.5. The van der Waals surface area contributed by atoms with Gasteiger partial charge in [-0.1, -0.05) is 0 Å². The van der Waals surface area contributed by atoms with Crippen molar-refractivity contribution >= 4 is 11.8 Å². The summed E-state index contributed by atoms with van der Waals surface area (Å²) < 4.78 is 5.22. The standard InChI is InChI=1S/C15H22N4O3/c20-14-7-12(8-17-18-14)19-5-1-3-11(10-19)15(21)16-9-13-4-2-6-22-13/h2,4,6,11-12,17H,1,3,5,7-10H2,(H,16,21)(H,18,20). The quantitative estimate of drug-likeness (QED) is 0.729. The zero-order valence-electron chi connectivity index (χ0n) is 12.5. The molecule has 3 N–H and O–H groups in total. The van der Waals surface area contributed by atoms with Crippen molar-refractivity contribution in [3.63, 3.8) is 0 Å². The first-order valence-electron chi connectivity index (χ1n) is 7.78. The van der Waals surface area contributed by atoms with E-state index in [2.05, 4.69) is 21.1 Å². The van der Waals surface area contributed by atoms with Gasteiger partial charge in [-0.15, -0.1) is 0 Å². The normalized spacial score (nSPS) is 26.5. The summed E-state index contributed by atoms with van der Waals surface area (Å²) >= 11 is 0. The first-order chi connectivity index (χ1) is 10.7. The van der Waals surface area contributed by atoms with Crippen molar-refractivity contribution in [2.24, 2.45) is 5.92 Å². The van der Waals surface area contributed by atoms with Gasteiger partial charge in [0.15, 0.2) is 0 Å². The van der Waals surface area contributed by atoms with Crippen LogP contribution in [0.4, 0.5) is 0 Å². The lowest BCUT2D eigenvalue weighted by molar-refractivity contribution is -0.128. The number of likely N-dealkylation sites (tertiary alicyclic amines) is 1. The molecule has 2 unspecified atom stereocenters. The molecule has 1 aromatic heterocycles. The van der Waals surface area contributed by atoms with Crippen molar-refractivity contribution in [3.8, 4) is 0 Å². The lowest BCUT2D eigenvalue weighted by Crippen LogP contribution is -2.57. The van der Waals surface area contributed by atoms with E-state index in [4.69, 9.17) is 4.42 Å². The van der Waals surface area contributed by atoms with Gasteiger partial charge in [0.25, 0.3) is 0 Å². The Kier molecular flexibility index (Phi) is 4.74. The van der Waals surface area contributed by atoms with Gasteiger partial charge in [0, 0.05) is 25.6 Å². The number of nitrogens with one attached hydrogen (secondary N) is 3. The molecule has 0 bridgehead atoms. The van der Waals surface area contributed by atoms with Gasteiger partial charge in [-0.25, -0.2) is 5.43 Å². The van der Waals surface area contributed by atoms with E-state index >= 15 is 0 Å². The molecule has 22 heavy (non-hydrogen) atoms. The van der Waals surface area contributed by atoms with Crippen LogP contribution in [-0.2, 0) is 16.1 Å².